The fourth-order valence-electron chi connectivity index (χ4n) is 3.80. The number of amides is 2. The van der Waals surface area contributed by atoms with Crippen LogP contribution in [-0.4, -0.2) is 53.3 Å². The van der Waals surface area contributed by atoms with Gasteiger partial charge in [0, 0.05) is 39.7 Å². The van der Waals surface area contributed by atoms with Gasteiger partial charge in [-0.1, -0.05) is 12.1 Å². The molecule has 1 aliphatic heterocycles. The number of benzene rings is 1. The molecule has 0 spiro atoms. The Hall–Kier alpha value is -2.70. The Labute approximate surface area is 159 Å². The van der Waals surface area contributed by atoms with E-state index in [1.54, 1.807) is 18.3 Å². The highest BCUT2D eigenvalue weighted by Crippen LogP contribution is 2.40. The fraction of sp³-hybridized carbons (Fsp3) is 0.450. The van der Waals surface area contributed by atoms with Gasteiger partial charge in [0.1, 0.15) is 5.82 Å². The van der Waals surface area contributed by atoms with E-state index in [0.29, 0.717) is 0 Å². The molecule has 1 saturated heterocycles. The van der Waals surface area contributed by atoms with Crippen LogP contribution in [0.1, 0.15) is 32.2 Å². The van der Waals surface area contributed by atoms with E-state index in [0.717, 1.165) is 43.7 Å². The minimum absolute atomic E-state index is 0. The van der Waals surface area contributed by atoms with Gasteiger partial charge in [-0.15, -0.1) is 5.10 Å². The number of likely N-dealkylation sites (N-methyl/N-ethyl adjacent to an activating group) is 1. The van der Waals surface area contributed by atoms with Crippen LogP contribution in [0.15, 0.2) is 42.6 Å². The number of hydrogen-bond donors (Lipinski definition) is 1. The van der Waals surface area contributed by atoms with Gasteiger partial charge in [0.15, 0.2) is 5.82 Å². The molecule has 1 aliphatic carbocycles. The number of carbonyl (C=O) groups excluding carboxylic acids is 1. The number of rotatable bonds is 4. The molecule has 2 heterocycles. The zero-order valence-electron chi connectivity index (χ0n) is 15.4. The van der Waals surface area contributed by atoms with Crippen LogP contribution in [0, 0.1) is 5.82 Å². The molecule has 144 valence electrons. The van der Waals surface area contributed by atoms with Crippen molar-refractivity contribution in [2.45, 2.75) is 37.3 Å². The second kappa shape index (κ2) is 7.50. The summed E-state index contributed by atoms with van der Waals surface area (Å²) in [6.45, 7) is 1.69. The minimum Gasteiger partial charge on any atom is -0.353 e. The van der Waals surface area contributed by atoms with Crippen LogP contribution in [0.2, 0.25) is 0 Å². The Balaban J connectivity index is 0.00000225. The molecule has 1 aromatic heterocycles. The van der Waals surface area contributed by atoms with E-state index in [1.807, 2.05) is 24.1 Å². The van der Waals surface area contributed by atoms with Crippen molar-refractivity contribution >= 4 is 11.8 Å². The second-order valence-corrected chi connectivity index (χ2v) is 7.38. The van der Waals surface area contributed by atoms with Crippen LogP contribution >= 0.6 is 0 Å². The Bertz CT molecular complexity index is 791. The number of piperidine rings is 1. The summed E-state index contributed by atoms with van der Waals surface area (Å²) < 4.78 is 13.1. The second-order valence-electron chi connectivity index (χ2n) is 7.38. The molecule has 2 aromatic rings. The molecule has 0 radical (unpaired) electrons. The van der Waals surface area contributed by atoms with Crippen LogP contribution in [0.3, 0.4) is 0 Å². The Morgan fingerprint density at radius 2 is 2.15 bits per heavy atom. The molecule has 2 amide bonds. The van der Waals surface area contributed by atoms with Crippen molar-refractivity contribution in [1.29, 1.82) is 0 Å². The van der Waals surface area contributed by atoms with Crippen LogP contribution in [0.4, 0.5) is 15.0 Å². The summed E-state index contributed by atoms with van der Waals surface area (Å²) >= 11 is 0. The summed E-state index contributed by atoms with van der Waals surface area (Å²) in [6.07, 6.45) is 4.56. The van der Waals surface area contributed by atoms with Crippen molar-refractivity contribution in [3.05, 3.63) is 54.0 Å². The lowest BCUT2D eigenvalue weighted by Gasteiger charge is -2.38. The standard InChI is InChI=1S/C20H24FN5O.H2/c1-25(16-4-3-11-26(13-16)19-5-2-10-22-24-19)20(27)23-18-12-17(18)14-6-8-15(21)9-7-14;/h2,5-10,16-18H,3-4,11-13H2,1H3,(H,23,27);1H/t16?,17-,18+;/m0./s1. The molecule has 1 N–H and O–H groups in total. The molecule has 4 rings (SSSR count). The molecule has 0 bridgehead atoms. The molecule has 2 fully saturated rings. The molecular weight excluding hydrogens is 345 g/mol. The SMILES string of the molecule is CN(C(=O)N[C@@H]1C[C@H]1c1ccc(F)cc1)C1CCCN(c2cccnn2)C1.[HH]. The third-order valence-electron chi connectivity index (χ3n) is 5.54. The monoisotopic (exact) mass is 371 g/mol. The van der Waals surface area contributed by atoms with Gasteiger partial charge in [-0.2, -0.15) is 5.10 Å². The van der Waals surface area contributed by atoms with Gasteiger partial charge in [0.25, 0.3) is 0 Å². The number of hydrogen-bond acceptors (Lipinski definition) is 4. The number of halogens is 1. The van der Waals surface area contributed by atoms with Crippen LogP contribution in [0.5, 0.6) is 0 Å². The van der Waals surface area contributed by atoms with E-state index in [-0.39, 0.29) is 31.3 Å². The molecule has 3 atom stereocenters. The van der Waals surface area contributed by atoms with Crippen molar-refractivity contribution in [3.63, 3.8) is 0 Å². The number of aromatic nitrogens is 2. The average molecular weight is 371 g/mol. The van der Waals surface area contributed by atoms with Crippen molar-refractivity contribution < 1.29 is 10.6 Å². The molecule has 1 saturated carbocycles. The van der Waals surface area contributed by atoms with E-state index in [2.05, 4.69) is 20.4 Å². The van der Waals surface area contributed by atoms with E-state index < -0.39 is 0 Å². The highest BCUT2D eigenvalue weighted by molar-refractivity contribution is 5.75. The van der Waals surface area contributed by atoms with Crippen LogP contribution in [-0.2, 0) is 0 Å². The lowest BCUT2D eigenvalue weighted by molar-refractivity contribution is 0.182. The first-order valence-electron chi connectivity index (χ1n) is 9.43. The lowest BCUT2D eigenvalue weighted by Crippen LogP contribution is -2.52. The topological polar surface area (TPSA) is 61.4 Å². The third kappa shape index (κ3) is 4.02. The number of nitrogens with zero attached hydrogens (tertiary/aromatic N) is 4. The summed E-state index contributed by atoms with van der Waals surface area (Å²) in [5.74, 6) is 0.907. The number of anilines is 1. The zero-order chi connectivity index (χ0) is 18.8. The van der Waals surface area contributed by atoms with Gasteiger partial charge >= 0.3 is 6.03 Å². The molecule has 6 nitrogen and oxygen atoms in total. The quantitative estimate of drug-likeness (QED) is 0.897. The summed E-state index contributed by atoms with van der Waals surface area (Å²) in [4.78, 5) is 16.7. The van der Waals surface area contributed by atoms with Gasteiger partial charge in [0.2, 0.25) is 0 Å². The zero-order valence-corrected chi connectivity index (χ0v) is 15.4. The third-order valence-corrected chi connectivity index (χ3v) is 5.54. The Kier molecular flexibility index (Phi) is 4.92. The summed E-state index contributed by atoms with van der Waals surface area (Å²) in [5.41, 5.74) is 1.08. The minimum atomic E-state index is -0.232. The smallest absolute Gasteiger partial charge is 0.317 e. The van der Waals surface area contributed by atoms with Crippen LogP contribution < -0.4 is 10.2 Å². The maximum atomic E-state index is 13.1. The first kappa shape index (κ1) is 17.7. The van der Waals surface area contributed by atoms with Crippen molar-refractivity contribution in [1.82, 2.24) is 20.4 Å². The highest BCUT2D eigenvalue weighted by atomic mass is 19.1. The van der Waals surface area contributed by atoms with Gasteiger partial charge in [-0.05, 0) is 49.1 Å². The fourth-order valence-corrected chi connectivity index (χ4v) is 3.80. The van der Waals surface area contributed by atoms with E-state index in [1.165, 1.54) is 12.1 Å². The lowest BCUT2D eigenvalue weighted by atomic mass is 10.0. The van der Waals surface area contributed by atoms with Crippen molar-refractivity contribution in [3.8, 4) is 0 Å². The first-order valence-corrected chi connectivity index (χ1v) is 9.43. The van der Waals surface area contributed by atoms with E-state index >= 15 is 0 Å². The number of urea groups is 1. The maximum absolute atomic E-state index is 13.1. The molecule has 2 aliphatic rings. The van der Waals surface area contributed by atoms with Gasteiger partial charge in [-0.3, -0.25) is 0 Å². The number of carbonyl (C=O) groups is 1. The molecule has 27 heavy (non-hydrogen) atoms. The molecular formula is C20H26FN5O. The van der Waals surface area contributed by atoms with Crippen molar-refractivity contribution in [2.75, 3.05) is 25.0 Å². The Morgan fingerprint density at radius 1 is 1.33 bits per heavy atom. The van der Waals surface area contributed by atoms with E-state index in [4.69, 9.17) is 0 Å². The summed E-state index contributed by atoms with van der Waals surface area (Å²) in [7, 11) is 1.86. The molecule has 1 aromatic carbocycles. The average Bonchev–Trinajstić information content (AvgIpc) is 3.47. The predicted octanol–water partition coefficient (Wildman–Crippen LogP) is 3.03. The van der Waals surface area contributed by atoms with Gasteiger partial charge in [0.05, 0.1) is 6.04 Å². The largest absolute Gasteiger partial charge is 0.353 e. The van der Waals surface area contributed by atoms with Crippen LogP contribution in [0.25, 0.3) is 0 Å². The number of nitrogens with one attached hydrogen (secondary N) is 1. The normalized spacial score (nSPS) is 24.4. The van der Waals surface area contributed by atoms with Gasteiger partial charge in [-0.25, -0.2) is 9.18 Å². The van der Waals surface area contributed by atoms with Gasteiger partial charge < -0.3 is 15.1 Å². The molecule has 1 unspecified atom stereocenters. The van der Waals surface area contributed by atoms with E-state index in [9.17, 15) is 9.18 Å². The predicted molar refractivity (Wildman–Crippen MR) is 103 cm³/mol. The first-order chi connectivity index (χ1) is 13.1. The Morgan fingerprint density at radius 3 is 2.89 bits per heavy atom. The maximum Gasteiger partial charge on any atom is 0.317 e. The van der Waals surface area contributed by atoms with Crippen molar-refractivity contribution in [2.24, 2.45) is 0 Å². The molecule has 7 heteroatoms. The summed E-state index contributed by atoms with van der Waals surface area (Å²) in [6, 6.07) is 10.6. The summed E-state index contributed by atoms with van der Waals surface area (Å²) in [5, 5.41) is 11.2. The highest BCUT2D eigenvalue weighted by Gasteiger charge is 2.40.